The fourth-order valence-corrected chi connectivity index (χ4v) is 1.96. The normalized spacial score (nSPS) is 11.4. The Balaban J connectivity index is 3.01. The van der Waals surface area contributed by atoms with Crippen molar-refractivity contribution < 1.29 is 8.42 Å². The van der Waals surface area contributed by atoms with Crippen LogP contribution in [-0.2, 0) is 10.0 Å². The molecule has 0 aliphatic heterocycles. The average molecular weight is 234 g/mol. The molecular formula is C9H12ClNO2S. The van der Waals surface area contributed by atoms with E-state index in [-0.39, 0.29) is 5.75 Å². The first kappa shape index (κ1) is 11.3. The fourth-order valence-electron chi connectivity index (χ4n) is 1.01. The van der Waals surface area contributed by atoms with Crippen LogP contribution in [0.4, 0.5) is 5.69 Å². The molecule has 1 rings (SSSR count). The molecule has 0 aliphatic rings. The second-order valence-corrected chi connectivity index (χ2v) is 5.57. The zero-order valence-electron chi connectivity index (χ0n) is 8.07. The zero-order valence-corrected chi connectivity index (χ0v) is 9.64. The van der Waals surface area contributed by atoms with Gasteiger partial charge in [-0.2, -0.15) is 0 Å². The van der Waals surface area contributed by atoms with E-state index >= 15 is 0 Å². The Hall–Kier alpha value is -0.740. The van der Waals surface area contributed by atoms with E-state index in [9.17, 15) is 8.42 Å². The van der Waals surface area contributed by atoms with Gasteiger partial charge in [0.1, 0.15) is 0 Å². The summed E-state index contributed by atoms with van der Waals surface area (Å²) in [7, 11) is -1.64. The van der Waals surface area contributed by atoms with Gasteiger partial charge < -0.3 is 0 Å². The number of rotatable bonds is 3. The van der Waals surface area contributed by atoms with Gasteiger partial charge in [0.15, 0.2) is 0 Å². The molecule has 0 saturated carbocycles. The van der Waals surface area contributed by atoms with Crippen LogP contribution in [0, 0.1) is 0 Å². The molecule has 0 radical (unpaired) electrons. The number of halogens is 1. The Morgan fingerprint density at radius 1 is 1.29 bits per heavy atom. The lowest BCUT2D eigenvalue weighted by molar-refractivity contribution is 0.595. The first-order chi connectivity index (χ1) is 6.47. The second-order valence-electron chi connectivity index (χ2n) is 2.84. The first-order valence-electron chi connectivity index (χ1n) is 4.19. The molecule has 0 heterocycles. The quantitative estimate of drug-likeness (QED) is 0.802. The van der Waals surface area contributed by atoms with Gasteiger partial charge in [0, 0.05) is 12.1 Å². The minimum Gasteiger partial charge on any atom is -0.273 e. The lowest BCUT2D eigenvalue weighted by Crippen LogP contribution is -2.27. The molecule has 0 fully saturated rings. The lowest BCUT2D eigenvalue weighted by Gasteiger charge is -2.18. The van der Waals surface area contributed by atoms with E-state index in [1.165, 1.54) is 11.4 Å². The molecule has 0 unspecified atom stereocenters. The summed E-state index contributed by atoms with van der Waals surface area (Å²) in [5, 5.41) is 0.594. The van der Waals surface area contributed by atoms with Gasteiger partial charge in [-0.1, -0.05) is 11.6 Å². The van der Waals surface area contributed by atoms with Gasteiger partial charge in [-0.25, -0.2) is 8.42 Å². The smallest absolute Gasteiger partial charge is 0.234 e. The van der Waals surface area contributed by atoms with Crippen molar-refractivity contribution in [3.8, 4) is 0 Å². The molecule has 0 aliphatic carbocycles. The number of hydrogen-bond donors (Lipinski definition) is 0. The summed E-state index contributed by atoms with van der Waals surface area (Å²) < 4.78 is 24.2. The van der Waals surface area contributed by atoms with Crippen molar-refractivity contribution in [1.29, 1.82) is 0 Å². The van der Waals surface area contributed by atoms with Gasteiger partial charge in [0.25, 0.3) is 0 Å². The molecular weight excluding hydrogens is 222 g/mol. The van der Waals surface area contributed by atoms with Crippen LogP contribution in [0.1, 0.15) is 6.92 Å². The van der Waals surface area contributed by atoms with Crippen LogP contribution >= 0.6 is 11.6 Å². The van der Waals surface area contributed by atoms with Crippen molar-refractivity contribution in [3.05, 3.63) is 29.3 Å². The maximum Gasteiger partial charge on any atom is 0.234 e. The minimum absolute atomic E-state index is 0.0894. The molecule has 0 amide bonds. The van der Waals surface area contributed by atoms with Gasteiger partial charge in [0.2, 0.25) is 10.0 Å². The van der Waals surface area contributed by atoms with E-state index in [0.29, 0.717) is 10.7 Å². The molecule has 1 aromatic rings. The van der Waals surface area contributed by atoms with E-state index in [1.807, 2.05) is 0 Å². The Morgan fingerprint density at radius 2 is 1.79 bits per heavy atom. The van der Waals surface area contributed by atoms with Crippen molar-refractivity contribution in [2.24, 2.45) is 0 Å². The van der Waals surface area contributed by atoms with Crippen LogP contribution in [0.5, 0.6) is 0 Å². The van der Waals surface area contributed by atoms with Crippen molar-refractivity contribution >= 4 is 27.3 Å². The van der Waals surface area contributed by atoms with Gasteiger partial charge in [-0.05, 0) is 31.2 Å². The van der Waals surface area contributed by atoms with E-state index in [1.54, 1.807) is 31.2 Å². The molecule has 0 N–H and O–H groups in total. The zero-order chi connectivity index (χ0) is 10.8. The first-order valence-corrected chi connectivity index (χ1v) is 6.18. The van der Waals surface area contributed by atoms with Crippen LogP contribution in [0.3, 0.4) is 0 Å². The minimum atomic E-state index is -3.17. The molecule has 0 aromatic heterocycles. The summed E-state index contributed by atoms with van der Waals surface area (Å²) in [6.45, 7) is 1.61. The summed E-state index contributed by atoms with van der Waals surface area (Å²) >= 11 is 5.70. The molecule has 1 aromatic carbocycles. The Bertz CT molecular complexity index is 399. The third-order valence-corrected chi connectivity index (χ3v) is 4.00. The summed E-state index contributed by atoms with van der Waals surface area (Å²) in [6, 6.07) is 6.68. The Labute approximate surface area is 89.4 Å². The average Bonchev–Trinajstić information content (AvgIpc) is 2.18. The number of nitrogens with zero attached hydrogens (tertiary/aromatic N) is 1. The van der Waals surface area contributed by atoms with Gasteiger partial charge in [0.05, 0.1) is 11.4 Å². The maximum atomic E-state index is 11.5. The van der Waals surface area contributed by atoms with Gasteiger partial charge in [-0.15, -0.1) is 0 Å². The van der Waals surface area contributed by atoms with Crippen LogP contribution in [0.15, 0.2) is 24.3 Å². The summed E-state index contributed by atoms with van der Waals surface area (Å²) in [4.78, 5) is 0. The van der Waals surface area contributed by atoms with Gasteiger partial charge >= 0.3 is 0 Å². The molecule has 0 spiro atoms. The highest BCUT2D eigenvalue weighted by Crippen LogP contribution is 2.19. The Kier molecular flexibility index (Phi) is 3.39. The van der Waals surface area contributed by atoms with E-state index in [0.717, 1.165) is 0 Å². The standard InChI is InChI=1S/C9H12ClNO2S/c1-3-14(12,13)11(2)9-6-4-8(10)5-7-9/h4-7H,3H2,1-2H3. The SMILES string of the molecule is CCS(=O)(=O)N(C)c1ccc(Cl)cc1. The van der Waals surface area contributed by atoms with Crippen LogP contribution in [0.25, 0.3) is 0 Å². The predicted octanol–water partition coefficient (Wildman–Crippen LogP) is 2.13. The Morgan fingerprint density at radius 3 is 2.21 bits per heavy atom. The molecule has 78 valence electrons. The number of hydrogen-bond acceptors (Lipinski definition) is 2. The summed E-state index contributed by atoms with van der Waals surface area (Å²) in [5.41, 5.74) is 0.622. The largest absolute Gasteiger partial charge is 0.273 e. The molecule has 14 heavy (non-hydrogen) atoms. The van der Waals surface area contributed by atoms with Crippen molar-refractivity contribution in [1.82, 2.24) is 0 Å². The van der Waals surface area contributed by atoms with Gasteiger partial charge in [-0.3, -0.25) is 4.31 Å². The summed E-state index contributed by atoms with van der Waals surface area (Å²) in [5.74, 6) is 0.0894. The lowest BCUT2D eigenvalue weighted by atomic mass is 10.3. The topological polar surface area (TPSA) is 37.4 Å². The predicted molar refractivity (Wildman–Crippen MR) is 59.3 cm³/mol. The third kappa shape index (κ3) is 2.39. The molecule has 3 nitrogen and oxygen atoms in total. The van der Waals surface area contributed by atoms with Crippen molar-refractivity contribution in [2.75, 3.05) is 17.1 Å². The molecule has 0 bridgehead atoms. The fraction of sp³-hybridized carbons (Fsp3) is 0.333. The third-order valence-electron chi connectivity index (χ3n) is 1.97. The molecule has 0 saturated heterocycles. The van der Waals surface area contributed by atoms with Crippen LogP contribution in [-0.4, -0.2) is 21.2 Å². The van der Waals surface area contributed by atoms with E-state index in [2.05, 4.69) is 0 Å². The maximum absolute atomic E-state index is 11.5. The summed E-state index contributed by atoms with van der Waals surface area (Å²) in [6.07, 6.45) is 0. The van der Waals surface area contributed by atoms with Crippen molar-refractivity contribution in [3.63, 3.8) is 0 Å². The highest BCUT2D eigenvalue weighted by Gasteiger charge is 2.14. The second kappa shape index (κ2) is 4.19. The molecule has 0 atom stereocenters. The number of sulfonamides is 1. The highest BCUT2D eigenvalue weighted by molar-refractivity contribution is 7.92. The number of benzene rings is 1. The van der Waals surface area contributed by atoms with E-state index in [4.69, 9.17) is 11.6 Å². The van der Waals surface area contributed by atoms with Crippen molar-refractivity contribution in [2.45, 2.75) is 6.92 Å². The van der Waals surface area contributed by atoms with Crippen LogP contribution < -0.4 is 4.31 Å². The van der Waals surface area contributed by atoms with Crippen LogP contribution in [0.2, 0.25) is 5.02 Å². The number of anilines is 1. The van der Waals surface area contributed by atoms with E-state index < -0.39 is 10.0 Å². The monoisotopic (exact) mass is 233 g/mol. The highest BCUT2D eigenvalue weighted by atomic mass is 35.5. The molecule has 5 heteroatoms.